The maximum Gasteiger partial charge on any atom is 0.338 e. The second kappa shape index (κ2) is 8.12. The van der Waals surface area contributed by atoms with Gasteiger partial charge in [0.15, 0.2) is 6.61 Å². The molecule has 2 N–H and O–H groups in total. The summed E-state index contributed by atoms with van der Waals surface area (Å²) in [6.45, 7) is 4.06. The van der Waals surface area contributed by atoms with Crippen LogP contribution in [-0.2, 0) is 14.3 Å². The highest BCUT2D eigenvalue weighted by Gasteiger charge is 2.28. The Labute approximate surface area is 157 Å². The third-order valence-electron chi connectivity index (χ3n) is 5.24. The molecule has 0 aromatic heterocycles. The normalized spacial score (nSPS) is 25.0. The summed E-state index contributed by atoms with van der Waals surface area (Å²) in [6, 6.07) is 5.15. The molecule has 1 aromatic rings. The molecular formula is C19H24N2O4S. The first-order valence-corrected chi connectivity index (χ1v) is 9.96. The van der Waals surface area contributed by atoms with Crippen LogP contribution in [0.1, 0.15) is 43.5 Å². The zero-order valence-corrected chi connectivity index (χ0v) is 15.9. The van der Waals surface area contributed by atoms with Crippen LogP contribution in [0.5, 0.6) is 0 Å². The topological polar surface area (TPSA) is 84.5 Å². The van der Waals surface area contributed by atoms with Crippen molar-refractivity contribution >= 4 is 35.2 Å². The van der Waals surface area contributed by atoms with Gasteiger partial charge in [-0.3, -0.25) is 9.59 Å². The Kier molecular flexibility index (Phi) is 5.86. The van der Waals surface area contributed by atoms with Crippen LogP contribution < -0.4 is 10.6 Å². The molecule has 3 rings (SSSR count). The van der Waals surface area contributed by atoms with Crippen molar-refractivity contribution in [2.24, 2.45) is 11.8 Å². The predicted molar refractivity (Wildman–Crippen MR) is 100 cm³/mol. The average molecular weight is 376 g/mol. The number of carbonyl (C=O) groups excluding carboxylic acids is 3. The first-order chi connectivity index (χ1) is 12.4. The van der Waals surface area contributed by atoms with Crippen LogP contribution in [0.15, 0.2) is 23.1 Å². The van der Waals surface area contributed by atoms with Gasteiger partial charge in [-0.05, 0) is 36.5 Å². The van der Waals surface area contributed by atoms with E-state index in [9.17, 15) is 14.4 Å². The van der Waals surface area contributed by atoms with Crippen LogP contribution in [0, 0.1) is 11.8 Å². The second-order valence-electron chi connectivity index (χ2n) is 7.07. The molecule has 7 heteroatoms. The van der Waals surface area contributed by atoms with Crippen LogP contribution >= 0.6 is 11.8 Å². The summed E-state index contributed by atoms with van der Waals surface area (Å²) < 4.78 is 5.14. The molecule has 3 atom stereocenters. The van der Waals surface area contributed by atoms with Gasteiger partial charge in [0.25, 0.3) is 5.91 Å². The zero-order chi connectivity index (χ0) is 18.7. The van der Waals surface area contributed by atoms with Crippen molar-refractivity contribution in [2.45, 2.75) is 44.0 Å². The summed E-state index contributed by atoms with van der Waals surface area (Å²) in [5.41, 5.74) is 0.925. The Morgan fingerprint density at radius 3 is 2.92 bits per heavy atom. The van der Waals surface area contributed by atoms with E-state index in [4.69, 9.17) is 4.74 Å². The van der Waals surface area contributed by atoms with Crippen molar-refractivity contribution in [3.8, 4) is 0 Å². The summed E-state index contributed by atoms with van der Waals surface area (Å²) in [6.07, 6.45) is 3.26. The number of nitrogens with one attached hydrogen (secondary N) is 2. The van der Waals surface area contributed by atoms with Crippen LogP contribution in [0.4, 0.5) is 5.69 Å². The largest absolute Gasteiger partial charge is 0.452 e. The Hall–Kier alpha value is -2.02. The van der Waals surface area contributed by atoms with Gasteiger partial charge >= 0.3 is 5.97 Å². The summed E-state index contributed by atoms with van der Waals surface area (Å²) >= 11 is 1.43. The lowest BCUT2D eigenvalue weighted by Gasteiger charge is -2.34. The van der Waals surface area contributed by atoms with Crippen LogP contribution in [-0.4, -0.2) is 36.2 Å². The number of benzene rings is 1. The van der Waals surface area contributed by atoms with Crippen molar-refractivity contribution in [1.29, 1.82) is 0 Å². The van der Waals surface area contributed by atoms with E-state index in [2.05, 4.69) is 24.5 Å². The van der Waals surface area contributed by atoms with Gasteiger partial charge in [0.1, 0.15) is 0 Å². The predicted octanol–water partition coefficient (Wildman–Crippen LogP) is 2.83. The fraction of sp³-hybridized carbons (Fsp3) is 0.526. The maximum absolute atomic E-state index is 12.2. The molecule has 1 aliphatic heterocycles. The molecule has 1 aliphatic carbocycles. The number of rotatable bonds is 4. The Balaban J connectivity index is 1.53. The summed E-state index contributed by atoms with van der Waals surface area (Å²) in [7, 11) is 0. The molecule has 1 aromatic carbocycles. The standard InChI is InChI=1S/C19H24N2O4S/c1-11-4-3-5-14(12(11)2)20-17(22)9-25-19(24)13-6-7-16-15(8-13)21-18(23)10-26-16/h6-8,11-12,14H,3-5,9-10H2,1-2H3,(H,20,22)(H,21,23)/t11-,12+,14-/m0/s1. The maximum atomic E-state index is 12.2. The Morgan fingerprint density at radius 2 is 2.12 bits per heavy atom. The van der Waals surface area contributed by atoms with E-state index in [1.165, 1.54) is 18.2 Å². The van der Waals surface area contributed by atoms with E-state index in [0.29, 0.717) is 28.8 Å². The quantitative estimate of drug-likeness (QED) is 0.790. The van der Waals surface area contributed by atoms with Gasteiger partial charge in [-0.25, -0.2) is 4.79 Å². The molecule has 1 heterocycles. The smallest absolute Gasteiger partial charge is 0.338 e. The number of anilines is 1. The van der Waals surface area contributed by atoms with Crippen molar-refractivity contribution < 1.29 is 19.1 Å². The van der Waals surface area contributed by atoms with Gasteiger partial charge in [0.2, 0.25) is 5.91 Å². The van der Waals surface area contributed by atoms with E-state index in [-0.39, 0.29) is 24.5 Å². The van der Waals surface area contributed by atoms with E-state index < -0.39 is 5.97 Å². The number of amides is 2. The van der Waals surface area contributed by atoms with Crippen LogP contribution in [0.2, 0.25) is 0 Å². The van der Waals surface area contributed by atoms with E-state index in [0.717, 1.165) is 17.7 Å². The number of hydrogen-bond acceptors (Lipinski definition) is 5. The number of ether oxygens (including phenoxy) is 1. The van der Waals surface area contributed by atoms with Gasteiger partial charge in [-0.2, -0.15) is 0 Å². The second-order valence-corrected chi connectivity index (χ2v) is 8.08. The third kappa shape index (κ3) is 4.38. The molecule has 0 unspecified atom stereocenters. The monoisotopic (exact) mass is 376 g/mol. The molecule has 26 heavy (non-hydrogen) atoms. The first kappa shape index (κ1) is 18.8. The van der Waals surface area contributed by atoms with Gasteiger partial charge in [0.05, 0.1) is 17.0 Å². The van der Waals surface area contributed by atoms with Gasteiger partial charge in [-0.1, -0.05) is 26.7 Å². The molecule has 6 nitrogen and oxygen atoms in total. The molecule has 2 aliphatic rings. The number of hydrogen-bond donors (Lipinski definition) is 2. The van der Waals surface area contributed by atoms with Crippen molar-refractivity contribution in [2.75, 3.05) is 17.7 Å². The van der Waals surface area contributed by atoms with Crippen molar-refractivity contribution in [3.63, 3.8) is 0 Å². The molecule has 0 radical (unpaired) electrons. The number of thioether (sulfide) groups is 1. The van der Waals surface area contributed by atoms with Crippen LogP contribution in [0.3, 0.4) is 0 Å². The van der Waals surface area contributed by atoms with E-state index >= 15 is 0 Å². The molecule has 0 bridgehead atoms. The minimum absolute atomic E-state index is 0.0942. The van der Waals surface area contributed by atoms with E-state index in [1.807, 2.05) is 0 Å². The number of fused-ring (bicyclic) bond motifs is 1. The van der Waals surface area contributed by atoms with E-state index in [1.54, 1.807) is 18.2 Å². The number of esters is 1. The summed E-state index contributed by atoms with van der Waals surface area (Å²) in [5, 5.41) is 5.72. The molecule has 0 spiro atoms. The Bertz CT molecular complexity index is 721. The van der Waals surface area contributed by atoms with Gasteiger partial charge in [0, 0.05) is 10.9 Å². The highest BCUT2D eigenvalue weighted by Crippen LogP contribution is 2.32. The molecule has 1 fully saturated rings. The highest BCUT2D eigenvalue weighted by atomic mass is 32.2. The fourth-order valence-corrected chi connectivity index (χ4v) is 4.25. The zero-order valence-electron chi connectivity index (χ0n) is 15.0. The molecular weight excluding hydrogens is 352 g/mol. The SMILES string of the molecule is C[C@H]1[C@@H](NC(=O)COC(=O)c2ccc3c(c2)NC(=O)CS3)CCC[C@@H]1C. The fourth-order valence-electron chi connectivity index (χ4n) is 3.46. The minimum atomic E-state index is -0.571. The average Bonchev–Trinajstić information content (AvgIpc) is 2.63. The summed E-state index contributed by atoms with van der Waals surface area (Å²) in [5.74, 6) is 0.437. The minimum Gasteiger partial charge on any atom is -0.452 e. The van der Waals surface area contributed by atoms with Crippen LogP contribution in [0.25, 0.3) is 0 Å². The lowest BCUT2D eigenvalue weighted by Crippen LogP contribution is -2.45. The lowest BCUT2D eigenvalue weighted by atomic mass is 9.78. The molecule has 2 amide bonds. The molecule has 1 saturated carbocycles. The van der Waals surface area contributed by atoms with Gasteiger partial charge < -0.3 is 15.4 Å². The Morgan fingerprint density at radius 1 is 1.31 bits per heavy atom. The first-order valence-electron chi connectivity index (χ1n) is 8.97. The van der Waals surface area contributed by atoms with Crippen molar-refractivity contribution in [1.82, 2.24) is 5.32 Å². The number of carbonyl (C=O) groups is 3. The summed E-state index contributed by atoms with van der Waals surface area (Å²) in [4.78, 5) is 36.7. The highest BCUT2D eigenvalue weighted by molar-refractivity contribution is 8.00. The third-order valence-corrected chi connectivity index (χ3v) is 6.31. The van der Waals surface area contributed by atoms with Gasteiger partial charge in [-0.15, -0.1) is 11.8 Å². The van der Waals surface area contributed by atoms with Crippen molar-refractivity contribution in [3.05, 3.63) is 23.8 Å². The lowest BCUT2D eigenvalue weighted by molar-refractivity contribution is -0.125. The molecule has 140 valence electrons. The molecule has 0 saturated heterocycles.